The van der Waals surface area contributed by atoms with Gasteiger partial charge in [0.05, 0.1) is 21.3 Å². The highest BCUT2D eigenvalue weighted by atomic mass is 35.5. The number of halogens is 2. The Morgan fingerprint density at radius 2 is 1.71 bits per heavy atom. The summed E-state index contributed by atoms with van der Waals surface area (Å²) in [5.74, 6) is 1.35. The Kier molecular flexibility index (Phi) is 7.66. The number of benzene rings is 2. The summed E-state index contributed by atoms with van der Waals surface area (Å²) in [7, 11) is 1.58. The highest BCUT2D eigenvalue weighted by molar-refractivity contribution is 7.18. The number of methoxy groups -OCH3 is 1. The van der Waals surface area contributed by atoms with Gasteiger partial charge in [-0.1, -0.05) is 48.2 Å². The third-order valence-electron chi connectivity index (χ3n) is 5.78. The molecule has 0 spiro atoms. The zero-order valence-corrected chi connectivity index (χ0v) is 20.9. The second kappa shape index (κ2) is 10.7. The van der Waals surface area contributed by atoms with Crippen LogP contribution in [0.1, 0.15) is 40.9 Å². The number of carbonyl (C=O) groups is 2. The van der Waals surface area contributed by atoms with Crippen molar-refractivity contribution in [1.82, 2.24) is 10.6 Å². The molecule has 3 aromatic rings. The average Bonchev–Trinajstić information content (AvgIpc) is 3.49. The molecule has 0 radical (unpaired) electrons. The van der Waals surface area contributed by atoms with Gasteiger partial charge in [-0.25, -0.2) is 0 Å². The number of rotatable bonds is 8. The molecular weight excluding hydrogens is 495 g/mol. The van der Waals surface area contributed by atoms with Gasteiger partial charge in [0, 0.05) is 12.6 Å². The molecule has 6 nitrogen and oxygen atoms in total. The lowest BCUT2D eigenvalue weighted by Crippen LogP contribution is -2.56. The van der Waals surface area contributed by atoms with Crippen molar-refractivity contribution in [2.75, 3.05) is 7.11 Å². The van der Waals surface area contributed by atoms with Gasteiger partial charge < -0.3 is 20.1 Å². The van der Waals surface area contributed by atoms with Crippen molar-refractivity contribution in [1.29, 1.82) is 0 Å². The summed E-state index contributed by atoms with van der Waals surface area (Å²) in [6, 6.07) is 15.9. The number of carbonyl (C=O) groups excluding carboxylic acids is 2. The molecule has 2 amide bonds. The maximum Gasteiger partial charge on any atom is 0.262 e. The zero-order chi connectivity index (χ0) is 24.1. The second-order valence-electron chi connectivity index (χ2n) is 8.07. The number of hydrogen-bond donors (Lipinski definition) is 2. The Labute approximate surface area is 212 Å². The summed E-state index contributed by atoms with van der Waals surface area (Å²) in [5, 5.41) is 6.40. The molecule has 1 heterocycles. The van der Waals surface area contributed by atoms with Crippen LogP contribution in [-0.4, -0.2) is 24.5 Å². The minimum Gasteiger partial charge on any atom is -0.497 e. The topological polar surface area (TPSA) is 76.7 Å². The zero-order valence-electron chi connectivity index (χ0n) is 18.5. The number of hydrogen-bond acceptors (Lipinski definition) is 5. The molecule has 0 unspecified atom stereocenters. The van der Waals surface area contributed by atoms with Crippen LogP contribution < -0.4 is 20.1 Å². The van der Waals surface area contributed by atoms with E-state index in [2.05, 4.69) is 10.6 Å². The van der Waals surface area contributed by atoms with Gasteiger partial charge in [-0.15, -0.1) is 11.3 Å². The van der Waals surface area contributed by atoms with E-state index < -0.39 is 5.54 Å². The second-order valence-corrected chi connectivity index (χ2v) is 10.2. The summed E-state index contributed by atoms with van der Waals surface area (Å²) in [6.45, 7) is 0.338. The molecule has 4 rings (SSSR count). The predicted octanol–water partition coefficient (Wildman–Crippen LogP) is 6.21. The van der Waals surface area contributed by atoms with Crippen molar-refractivity contribution < 1.29 is 19.1 Å². The highest BCUT2D eigenvalue weighted by Crippen LogP contribution is 2.33. The van der Waals surface area contributed by atoms with Gasteiger partial charge in [0.15, 0.2) is 0 Å². The van der Waals surface area contributed by atoms with E-state index in [1.807, 2.05) is 24.3 Å². The Balaban J connectivity index is 1.36. The molecule has 0 saturated heterocycles. The van der Waals surface area contributed by atoms with E-state index in [0.717, 1.165) is 18.4 Å². The van der Waals surface area contributed by atoms with Gasteiger partial charge in [-0.2, -0.15) is 0 Å². The van der Waals surface area contributed by atoms with Crippen LogP contribution in [0, 0.1) is 0 Å². The molecule has 0 aliphatic heterocycles. The smallest absolute Gasteiger partial charge is 0.262 e. The van der Waals surface area contributed by atoms with E-state index in [4.69, 9.17) is 32.7 Å². The van der Waals surface area contributed by atoms with Crippen molar-refractivity contribution in [3.63, 3.8) is 0 Å². The number of ether oxygens (including phenoxy) is 2. The molecular formula is C25H24Cl2N2O4S. The number of amides is 2. The van der Waals surface area contributed by atoms with E-state index in [0.29, 0.717) is 50.9 Å². The van der Waals surface area contributed by atoms with Crippen LogP contribution in [0.5, 0.6) is 17.2 Å². The Bertz CT molecular complexity index is 1170. The third kappa shape index (κ3) is 5.66. The molecule has 1 fully saturated rings. The van der Waals surface area contributed by atoms with Crippen LogP contribution in [0.25, 0.3) is 0 Å². The summed E-state index contributed by atoms with van der Waals surface area (Å²) >= 11 is 13.4. The molecule has 1 aliphatic carbocycles. The van der Waals surface area contributed by atoms with Gasteiger partial charge in [0.2, 0.25) is 5.91 Å². The SMILES string of the molecule is COc1ccc(Oc2ccc(CNC(=O)C3(NC(=O)c4ccc(Cl)s4)CCCC3)cc2)c(Cl)c1. The molecule has 1 saturated carbocycles. The lowest BCUT2D eigenvalue weighted by molar-refractivity contribution is -0.127. The fraction of sp³-hybridized carbons (Fsp3) is 0.280. The highest BCUT2D eigenvalue weighted by Gasteiger charge is 2.42. The van der Waals surface area contributed by atoms with E-state index in [1.165, 1.54) is 11.3 Å². The third-order valence-corrected chi connectivity index (χ3v) is 7.31. The standard InChI is InChI=1S/C25H24Cl2N2O4S/c1-32-18-8-9-20(19(26)14-18)33-17-6-4-16(5-7-17)15-28-24(31)25(12-2-3-13-25)29-23(30)21-10-11-22(27)34-21/h4-11,14H,2-3,12-13,15H2,1H3,(H,28,31)(H,29,30). The molecule has 9 heteroatoms. The van der Waals surface area contributed by atoms with Crippen LogP contribution in [0.2, 0.25) is 9.36 Å². The number of nitrogens with one attached hydrogen (secondary N) is 2. The molecule has 2 aromatic carbocycles. The lowest BCUT2D eigenvalue weighted by atomic mass is 9.95. The summed E-state index contributed by atoms with van der Waals surface area (Å²) in [4.78, 5) is 26.3. The summed E-state index contributed by atoms with van der Waals surface area (Å²) in [6.07, 6.45) is 3.00. The lowest BCUT2D eigenvalue weighted by Gasteiger charge is -2.29. The van der Waals surface area contributed by atoms with E-state index >= 15 is 0 Å². The molecule has 1 aliphatic rings. The molecule has 2 N–H and O–H groups in total. The quantitative estimate of drug-likeness (QED) is 0.371. The maximum atomic E-state index is 13.1. The van der Waals surface area contributed by atoms with Crippen molar-refractivity contribution in [2.24, 2.45) is 0 Å². The first-order valence-corrected chi connectivity index (χ1v) is 12.4. The monoisotopic (exact) mass is 518 g/mol. The Morgan fingerprint density at radius 1 is 1.00 bits per heavy atom. The van der Waals surface area contributed by atoms with Crippen molar-refractivity contribution in [2.45, 2.75) is 37.8 Å². The fourth-order valence-electron chi connectivity index (χ4n) is 3.95. The van der Waals surface area contributed by atoms with Gasteiger partial charge >= 0.3 is 0 Å². The van der Waals surface area contributed by atoms with Crippen LogP contribution >= 0.6 is 34.5 Å². The van der Waals surface area contributed by atoms with Gasteiger partial charge in [-0.05, 0) is 54.8 Å². The van der Waals surface area contributed by atoms with Crippen molar-refractivity contribution in [3.8, 4) is 17.2 Å². The van der Waals surface area contributed by atoms with Gasteiger partial charge in [0.25, 0.3) is 5.91 Å². The average molecular weight is 519 g/mol. The first-order valence-electron chi connectivity index (χ1n) is 10.8. The van der Waals surface area contributed by atoms with Crippen molar-refractivity contribution in [3.05, 3.63) is 74.4 Å². The molecule has 0 bridgehead atoms. The van der Waals surface area contributed by atoms with E-state index in [-0.39, 0.29) is 11.8 Å². The first-order chi connectivity index (χ1) is 16.4. The summed E-state index contributed by atoms with van der Waals surface area (Å²) < 4.78 is 11.5. The Hall–Kier alpha value is -2.74. The molecule has 1 aromatic heterocycles. The van der Waals surface area contributed by atoms with E-state index in [1.54, 1.807) is 37.4 Å². The predicted molar refractivity (Wildman–Crippen MR) is 134 cm³/mol. The van der Waals surface area contributed by atoms with Crippen LogP contribution in [-0.2, 0) is 11.3 Å². The van der Waals surface area contributed by atoms with Crippen LogP contribution in [0.4, 0.5) is 0 Å². The minimum absolute atomic E-state index is 0.175. The minimum atomic E-state index is -0.901. The molecule has 34 heavy (non-hydrogen) atoms. The largest absolute Gasteiger partial charge is 0.497 e. The maximum absolute atomic E-state index is 13.1. The van der Waals surface area contributed by atoms with Gasteiger partial charge in [-0.3, -0.25) is 9.59 Å². The summed E-state index contributed by atoms with van der Waals surface area (Å²) in [5.41, 5.74) is 0.00730. The molecule has 178 valence electrons. The first kappa shape index (κ1) is 24.4. The van der Waals surface area contributed by atoms with Crippen LogP contribution in [0.3, 0.4) is 0 Å². The molecule has 0 atom stereocenters. The fourth-order valence-corrected chi connectivity index (χ4v) is 5.10. The van der Waals surface area contributed by atoms with Gasteiger partial charge in [0.1, 0.15) is 22.8 Å². The van der Waals surface area contributed by atoms with Crippen molar-refractivity contribution >= 4 is 46.4 Å². The van der Waals surface area contributed by atoms with Crippen LogP contribution in [0.15, 0.2) is 54.6 Å². The number of thiophene rings is 1. The normalized spacial score (nSPS) is 14.4. The Morgan fingerprint density at radius 3 is 2.32 bits per heavy atom. The van der Waals surface area contributed by atoms with E-state index in [9.17, 15) is 9.59 Å².